The largest absolute Gasteiger partial charge is 0.314 e. The van der Waals surface area contributed by atoms with E-state index in [1.165, 1.54) is 10.4 Å². The first-order chi connectivity index (χ1) is 9.50. The van der Waals surface area contributed by atoms with Crippen LogP contribution in [0.5, 0.6) is 0 Å². The van der Waals surface area contributed by atoms with Gasteiger partial charge in [0.05, 0.1) is 4.92 Å². The van der Waals surface area contributed by atoms with Gasteiger partial charge in [-0.25, -0.2) is 0 Å². The van der Waals surface area contributed by atoms with Gasteiger partial charge in [0.1, 0.15) is 0 Å². The number of hydrogen-bond acceptors (Lipinski definition) is 5. The number of nitro groups is 1. The Morgan fingerprint density at radius 3 is 2.60 bits per heavy atom. The second-order valence-corrected chi connectivity index (χ2v) is 6.12. The third kappa shape index (κ3) is 3.51. The maximum atomic E-state index is 12.1. The van der Waals surface area contributed by atoms with Gasteiger partial charge in [-0.2, -0.15) is 17.4 Å². The minimum absolute atomic E-state index is 0.0875. The molecule has 0 spiro atoms. The van der Waals surface area contributed by atoms with E-state index in [4.69, 9.17) is 0 Å². The van der Waals surface area contributed by atoms with Crippen LogP contribution in [-0.4, -0.2) is 43.8 Å². The van der Waals surface area contributed by atoms with E-state index in [-0.39, 0.29) is 12.2 Å². The maximum absolute atomic E-state index is 12.1. The standard InChI is InChI=1S/C11H16N4O4S/c16-15(17)11-4-2-1-3-10(11)9-13-20(18,19)14-7-5-12-6-8-14/h1-4,12-13H,5-9H2. The molecule has 1 saturated heterocycles. The summed E-state index contributed by atoms with van der Waals surface area (Å²) in [6.07, 6.45) is 0. The highest BCUT2D eigenvalue weighted by Crippen LogP contribution is 2.17. The van der Waals surface area contributed by atoms with Crippen molar-refractivity contribution in [3.63, 3.8) is 0 Å². The van der Waals surface area contributed by atoms with Crippen LogP contribution in [0.15, 0.2) is 24.3 Å². The summed E-state index contributed by atoms with van der Waals surface area (Å²) >= 11 is 0. The molecule has 1 fully saturated rings. The minimum atomic E-state index is -3.60. The van der Waals surface area contributed by atoms with Gasteiger partial charge in [0, 0.05) is 44.4 Å². The molecule has 20 heavy (non-hydrogen) atoms. The third-order valence-corrected chi connectivity index (χ3v) is 4.60. The summed E-state index contributed by atoms with van der Waals surface area (Å²) in [4.78, 5) is 10.3. The Bertz CT molecular complexity index is 584. The van der Waals surface area contributed by atoms with Crippen LogP contribution in [0.25, 0.3) is 0 Å². The van der Waals surface area contributed by atoms with Crippen molar-refractivity contribution >= 4 is 15.9 Å². The first kappa shape index (κ1) is 14.9. The zero-order valence-corrected chi connectivity index (χ0v) is 11.6. The van der Waals surface area contributed by atoms with Gasteiger partial charge in [-0.1, -0.05) is 18.2 Å². The molecule has 0 amide bonds. The van der Waals surface area contributed by atoms with E-state index in [9.17, 15) is 18.5 Å². The zero-order chi connectivity index (χ0) is 14.6. The topological polar surface area (TPSA) is 105 Å². The molecular weight excluding hydrogens is 284 g/mol. The van der Waals surface area contributed by atoms with E-state index >= 15 is 0 Å². The van der Waals surface area contributed by atoms with Crippen LogP contribution in [0, 0.1) is 10.1 Å². The molecule has 0 saturated carbocycles. The van der Waals surface area contributed by atoms with Crippen LogP contribution in [0.4, 0.5) is 5.69 Å². The summed E-state index contributed by atoms with van der Waals surface area (Å²) in [6, 6.07) is 6.08. The van der Waals surface area contributed by atoms with Crippen molar-refractivity contribution in [2.75, 3.05) is 26.2 Å². The number of rotatable bonds is 5. The Hall–Kier alpha value is -1.55. The summed E-state index contributed by atoms with van der Waals surface area (Å²) in [5.74, 6) is 0. The SMILES string of the molecule is O=[N+]([O-])c1ccccc1CNS(=O)(=O)N1CCNCC1. The van der Waals surface area contributed by atoms with Crippen molar-refractivity contribution in [3.05, 3.63) is 39.9 Å². The number of benzene rings is 1. The Labute approximate surface area is 117 Å². The van der Waals surface area contributed by atoms with Crippen LogP contribution >= 0.6 is 0 Å². The summed E-state index contributed by atoms with van der Waals surface area (Å²) in [6.45, 7) is 1.90. The van der Waals surface area contributed by atoms with Gasteiger partial charge < -0.3 is 5.32 Å². The van der Waals surface area contributed by atoms with Crippen LogP contribution in [-0.2, 0) is 16.8 Å². The first-order valence-electron chi connectivity index (χ1n) is 6.18. The number of para-hydroxylation sites is 1. The summed E-state index contributed by atoms with van der Waals surface area (Å²) in [5, 5.41) is 13.9. The Balaban J connectivity index is 2.06. The first-order valence-corrected chi connectivity index (χ1v) is 7.62. The fraction of sp³-hybridized carbons (Fsp3) is 0.455. The fourth-order valence-electron chi connectivity index (χ4n) is 1.98. The number of nitrogens with zero attached hydrogens (tertiary/aromatic N) is 2. The van der Waals surface area contributed by atoms with Gasteiger partial charge in [-0.15, -0.1) is 0 Å². The van der Waals surface area contributed by atoms with Crippen LogP contribution in [0.2, 0.25) is 0 Å². The van der Waals surface area contributed by atoms with E-state index in [1.54, 1.807) is 18.2 Å². The second-order valence-electron chi connectivity index (χ2n) is 4.36. The summed E-state index contributed by atoms with van der Waals surface area (Å²) in [5.41, 5.74) is 0.256. The van der Waals surface area contributed by atoms with Crippen molar-refractivity contribution < 1.29 is 13.3 Å². The smallest absolute Gasteiger partial charge is 0.279 e. The maximum Gasteiger partial charge on any atom is 0.279 e. The van der Waals surface area contributed by atoms with Crippen molar-refractivity contribution in [1.82, 2.24) is 14.3 Å². The zero-order valence-electron chi connectivity index (χ0n) is 10.8. The van der Waals surface area contributed by atoms with Crippen molar-refractivity contribution in [3.8, 4) is 0 Å². The highest BCUT2D eigenvalue weighted by molar-refractivity contribution is 7.87. The average Bonchev–Trinajstić information content (AvgIpc) is 2.46. The van der Waals surface area contributed by atoms with Gasteiger partial charge >= 0.3 is 0 Å². The highest BCUT2D eigenvalue weighted by Gasteiger charge is 2.24. The van der Waals surface area contributed by atoms with Crippen molar-refractivity contribution in [2.24, 2.45) is 0 Å². The van der Waals surface area contributed by atoms with E-state index in [1.807, 2.05) is 0 Å². The molecule has 0 radical (unpaired) electrons. The number of piperazine rings is 1. The van der Waals surface area contributed by atoms with Gasteiger partial charge in [0.2, 0.25) is 0 Å². The van der Waals surface area contributed by atoms with Gasteiger partial charge in [-0.05, 0) is 0 Å². The third-order valence-electron chi connectivity index (χ3n) is 3.05. The quantitative estimate of drug-likeness (QED) is 0.580. The molecular formula is C11H16N4O4S. The average molecular weight is 300 g/mol. The van der Waals surface area contributed by atoms with Crippen LogP contribution in [0.1, 0.15) is 5.56 Å². The molecule has 9 heteroatoms. The molecule has 0 atom stereocenters. The van der Waals surface area contributed by atoms with E-state index in [2.05, 4.69) is 10.0 Å². The van der Waals surface area contributed by atoms with E-state index in [0.717, 1.165) is 0 Å². The lowest BCUT2D eigenvalue weighted by atomic mass is 10.2. The molecule has 1 aliphatic rings. The van der Waals surface area contributed by atoms with Gasteiger partial charge in [0.15, 0.2) is 0 Å². The number of nitrogens with one attached hydrogen (secondary N) is 2. The van der Waals surface area contributed by atoms with Gasteiger partial charge in [-0.3, -0.25) is 10.1 Å². The lowest BCUT2D eigenvalue weighted by Crippen LogP contribution is -2.50. The molecule has 0 unspecified atom stereocenters. The van der Waals surface area contributed by atoms with Gasteiger partial charge in [0.25, 0.3) is 15.9 Å². The Kier molecular flexibility index (Phi) is 4.65. The molecule has 110 valence electrons. The predicted molar refractivity (Wildman–Crippen MR) is 73.3 cm³/mol. The fourth-order valence-corrected chi connectivity index (χ4v) is 3.17. The molecule has 0 bridgehead atoms. The van der Waals surface area contributed by atoms with Crippen LogP contribution < -0.4 is 10.0 Å². The molecule has 2 N–H and O–H groups in total. The van der Waals surface area contributed by atoms with E-state index < -0.39 is 15.1 Å². The minimum Gasteiger partial charge on any atom is -0.314 e. The lowest BCUT2D eigenvalue weighted by Gasteiger charge is -2.26. The van der Waals surface area contributed by atoms with E-state index in [0.29, 0.717) is 31.7 Å². The van der Waals surface area contributed by atoms with Crippen molar-refractivity contribution in [2.45, 2.75) is 6.54 Å². The monoisotopic (exact) mass is 300 g/mol. The molecule has 1 aromatic carbocycles. The normalized spacial score (nSPS) is 17.0. The molecule has 1 heterocycles. The summed E-state index contributed by atoms with van der Waals surface area (Å²) < 4.78 is 27.9. The number of hydrogen-bond donors (Lipinski definition) is 2. The van der Waals surface area contributed by atoms with Crippen LogP contribution in [0.3, 0.4) is 0 Å². The molecule has 0 aromatic heterocycles. The summed E-state index contributed by atoms with van der Waals surface area (Å²) in [7, 11) is -3.60. The van der Waals surface area contributed by atoms with Crippen molar-refractivity contribution in [1.29, 1.82) is 0 Å². The lowest BCUT2D eigenvalue weighted by molar-refractivity contribution is -0.385. The highest BCUT2D eigenvalue weighted by atomic mass is 32.2. The number of nitro benzene ring substituents is 1. The second kappa shape index (κ2) is 6.27. The Morgan fingerprint density at radius 2 is 1.95 bits per heavy atom. The molecule has 2 rings (SSSR count). The molecule has 1 aliphatic heterocycles. The molecule has 1 aromatic rings. The predicted octanol–water partition coefficient (Wildman–Crippen LogP) is -0.166. The Morgan fingerprint density at radius 1 is 1.30 bits per heavy atom. The molecule has 0 aliphatic carbocycles. The molecule has 8 nitrogen and oxygen atoms in total.